The summed E-state index contributed by atoms with van der Waals surface area (Å²) in [6.45, 7) is 1.87. The van der Waals surface area contributed by atoms with E-state index in [1.807, 2.05) is 25.1 Å². The Morgan fingerprint density at radius 2 is 2.00 bits per heavy atom. The van der Waals surface area contributed by atoms with Gasteiger partial charge in [-0.2, -0.15) is 0 Å². The predicted octanol–water partition coefficient (Wildman–Crippen LogP) is 2.34. The molecule has 1 N–H and O–H groups in total. The number of aromatic nitrogens is 4. The van der Waals surface area contributed by atoms with Crippen molar-refractivity contribution in [2.75, 3.05) is 0 Å². The van der Waals surface area contributed by atoms with Gasteiger partial charge in [-0.1, -0.05) is 12.1 Å². The summed E-state index contributed by atoms with van der Waals surface area (Å²) in [5.74, 6) is -0.0378. The van der Waals surface area contributed by atoms with E-state index >= 15 is 0 Å². The highest BCUT2D eigenvalue weighted by Crippen LogP contribution is 2.20. The van der Waals surface area contributed by atoms with E-state index in [-0.39, 0.29) is 5.69 Å². The van der Waals surface area contributed by atoms with Crippen molar-refractivity contribution in [2.45, 2.75) is 6.92 Å². The number of carboxylic acid groups (broad SMARTS) is 1. The van der Waals surface area contributed by atoms with Crippen molar-refractivity contribution in [3.8, 4) is 17.3 Å². The average molecular weight is 280 g/mol. The van der Waals surface area contributed by atoms with Crippen LogP contribution < -0.4 is 0 Å². The molecule has 0 aliphatic heterocycles. The van der Waals surface area contributed by atoms with Gasteiger partial charge in [0.15, 0.2) is 11.5 Å². The Kier molecular flexibility index (Phi) is 3.19. The molecule has 3 rings (SSSR count). The largest absolute Gasteiger partial charge is 0.476 e. The highest BCUT2D eigenvalue weighted by atomic mass is 16.4. The second kappa shape index (κ2) is 5.16. The summed E-state index contributed by atoms with van der Waals surface area (Å²) >= 11 is 0. The predicted molar refractivity (Wildman–Crippen MR) is 76.3 cm³/mol. The monoisotopic (exact) mass is 280 g/mol. The number of nitrogens with zero attached hydrogens (tertiary/aromatic N) is 4. The van der Waals surface area contributed by atoms with Crippen molar-refractivity contribution in [1.29, 1.82) is 0 Å². The third-order valence-electron chi connectivity index (χ3n) is 2.94. The van der Waals surface area contributed by atoms with E-state index in [1.54, 1.807) is 29.0 Å². The Bertz CT molecular complexity index is 796. The maximum Gasteiger partial charge on any atom is 0.356 e. The fourth-order valence-electron chi connectivity index (χ4n) is 2.00. The van der Waals surface area contributed by atoms with Crippen LogP contribution in [0.25, 0.3) is 17.3 Å². The van der Waals surface area contributed by atoms with E-state index in [9.17, 15) is 4.79 Å². The smallest absolute Gasteiger partial charge is 0.356 e. The lowest BCUT2D eigenvalue weighted by Gasteiger charge is -2.06. The third kappa shape index (κ3) is 2.51. The average Bonchev–Trinajstić information content (AvgIpc) is 2.93. The molecule has 21 heavy (non-hydrogen) atoms. The molecule has 0 amide bonds. The zero-order valence-corrected chi connectivity index (χ0v) is 11.3. The molecule has 0 radical (unpaired) electrons. The molecular weight excluding hydrogens is 268 g/mol. The second-order valence-corrected chi connectivity index (χ2v) is 4.48. The molecule has 0 aliphatic carbocycles. The maximum absolute atomic E-state index is 11.2. The van der Waals surface area contributed by atoms with Crippen LogP contribution in [0.1, 0.15) is 16.2 Å². The van der Waals surface area contributed by atoms with Gasteiger partial charge in [-0.3, -0.25) is 4.57 Å². The van der Waals surface area contributed by atoms with Crippen molar-refractivity contribution in [2.24, 2.45) is 0 Å². The van der Waals surface area contributed by atoms with Gasteiger partial charge in [0.25, 0.3) is 0 Å². The number of hydrogen-bond acceptors (Lipinski definition) is 4. The summed E-state index contributed by atoms with van der Waals surface area (Å²) in [6, 6.07) is 10.9. The molecule has 3 aromatic rings. The fourth-order valence-corrected chi connectivity index (χ4v) is 2.00. The van der Waals surface area contributed by atoms with Gasteiger partial charge in [-0.05, 0) is 31.2 Å². The van der Waals surface area contributed by atoms with Gasteiger partial charge in [-0.25, -0.2) is 19.7 Å². The van der Waals surface area contributed by atoms with Crippen LogP contribution in [-0.2, 0) is 0 Å². The number of rotatable bonds is 3. The molecule has 0 unspecified atom stereocenters. The molecule has 3 aromatic heterocycles. The van der Waals surface area contributed by atoms with Gasteiger partial charge in [0.1, 0.15) is 11.5 Å². The van der Waals surface area contributed by atoms with Crippen molar-refractivity contribution in [3.05, 3.63) is 60.2 Å². The molecule has 104 valence electrons. The minimum absolute atomic E-state index is 0.0426. The lowest BCUT2D eigenvalue weighted by Crippen LogP contribution is -2.00. The van der Waals surface area contributed by atoms with E-state index in [2.05, 4.69) is 15.0 Å². The zero-order valence-electron chi connectivity index (χ0n) is 11.3. The van der Waals surface area contributed by atoms with E-state index < -0.39 is 5.97 Å². The fraction of sp³-hybridized carbons (Fsp3) is 0.0667. The number of pyridine rings is 2. The summed E-state index contributed by atoms with van der Waals surface area (Å²) in [5.41, 5.74) is 1.40. The first kappa shape index (κ1) is 13.0. The molecule has 0 bridgehead atoms. The maximum atomic E-state index is 11.2. The van der Waals surface area contributed by atoms with Gasteiger partial charge in [0.2, 0.25) is 0 Å². The molecule has 0 fully saturated rings. The van der Waals surface area contributed by atoms with Gasteiger partial charge in [0, 0.05) is 18.1 Å². The SMILES string of the molecule is Cc1cccc(-c2nc(C(=O)O)cn2-c2ccccn2)n1. The number of imidazole rings is 1. The summed E-state index contributed by atoms with van der Waals surface area (Å²) in [7, 11) is 0. The Balaban J connectivity index is 2.21. The number of aryl methyl sites for hydroxylation is 1. The summed E-state index contributed by atoms with van der Waals surface area (Å²) in [5, 5.41) is 9.15. The minimum Gasteiger partial charge on any atom is -0.476 e. The summed E-state index contributed by atoms with van der Waals surface area (Å²) in [6.07, 6.45) is 3.09. The Morgan fingerprint density at radius 3 is 2.67 bits per heavy atom. The Hall–Kier alpha value is -3.02. The van der Waals surface area contributed by atoms with Crippen LogP contribution in [0.2, 0.25) is 0 Å². The van der Waals surface area contributed by atoms with Gasteiger partial charge < -0.3 is 5.11 Å². The van der Waals surface area contributed by atoms with Crippen LogP contribution in [0.3, 0.4) is 0 Å². The third-order valence-corrected chi connectivity index (χ3v) is 2.94. The lowest BCUT2D eigenvalue weighted by atomic mass is 10.3. The van der Waals surface area contributed by atoms with E-state index in [4.69, 9.17) is 5.11 Å². The topological polar surface area (TPSA) is 80.9 Å². The van der Waals surface area contributed by atoms with Crippen LogP contribution in [0.4, 0.5) is 0 Å². The second-order valence-electron chi connectivity index (χ2n) is 4.48. The first-order chi connectivity index (χ1) is 10.1. The van der Waals surface area contributed by atoms with Crippen LogP contribution >= 0.6 is 0 Å². The van der Waals surface area contributed by atoms with Crippen molar-refractivity contribution >= 4 is 5.97 Å². The normalized spacial score (nSPS) is 10.5. The number of carbonyl (C=O) groups is 1. The lowest BCUT2D eigenvalue weighted by molar-refractivity contribution is 0.0691. The van der Waals surface area contributed by atoms with E-state index in [1.165, 1.54) is 6.20 Å². The van der Waals surface area contributed by atoms with Crippen molar-refractivity contribution in [1.82, 2.24) is 19.5 Å². The van der Waals surface area contributed by atoms with Crippen LogP contribution in [0, 0.1) is 6.92 Å². The van der Waals surface area contributed by atoms with Gasteiger partial charge >= 0.3 is 5.97 Å². The van der Waals surface area contributed by atoms with Crippen LogP contribution in [-0.4, -0.2) is 30.6 Å². The molecule has 0 aromatic carbocycles. The molecule has 0 spiro atoms. The molecular formula is C15H12N4O2. The van der Waals surface area contributed by atoms with Crippen molar-refractivity contribution in [3.63, 3.8) is 0 Å². The molecule has 3 heterocycles. The van der Waals surface area contributed by atoms with E-state index in [0.29, 0.717) is 17.3 Å². The van der Waals surface area contributed by atoms with Crippen molar-refractivity contribution < 1.29 is 9.90 Å². The summed E-state index contributed by atoms with van der Waals surface area (Å²) in [4.78, 5) is 24.0. The van der Waals surface area contributed by atoms with Crippen LogP contribution in [0.15, 0.2) is 48.8 Å². The highest BCUT2D eigenvalue weighted by molar-refractivity contribution is 5.86. The molecule has 0 aliphatic rings. The molecule has 0 atom stereocenters. The van der Waals surface area contributed by atoms with Crippen LogP contribution in [0.5, 0.6) is 0 Å². The zero-order chi connectivity index (χ0) is 14.8. The Labute approximate surface area is 120 Å². The van der Waals surface area contributed by atoms with E-state index in [0.717, 1.165) is 5.69 Å². The quantitative estimate of drug-likeness (QED) is 0.796. The summed E-state index contributed by atoms with van der Waals surface area (Å²) < 4.78 is 1.63. The first-order valence-electron chi connectivity index (χ1n) is 6.33. The minimum atomic E-state index is -1.08. The van der Waals surface area contributed by atoms with Gasteiger partial charge in [0.05, 0.1) is 0 Å². The number of aromatic carboxylic acids is 1. The highest BCUT2D eigenvalue weighted by Gasteiger charge is 2.17. The Morgan fingerprint density at radius 1 is 1.14 bits per heavy atom. The standard InChI is InChI=1S/C15H12N4O2/c1-10-5-4-6-11(17-10)14-18-12(15(20)21)9-19(14)13-7-2-3-8-16-13/h2-9H,1H3,(H,20,21). The number of hydrogen-bond donors (Lipinski definition) is 1. The molecule has 0 saturated carbocycles. The molecule has 6 nitrogen and oxygen atoms in total. The van der Waals surface area contributed by atoms with Gasteiger partial charge in [-0.15, -0.1) is 0 Å². The first-order valence-corrected chi connectivity index (χ1v) is 6.33. The molecule has 6 heteroatoms. The molecule has 0 saturated heterocycles. The number of carboxylic acids is 1.